The normalized spacial score (nSPS) is 19.0. The summed E-state index contributed by atoms with van der Waals surface area (Å²) in [6.07, 6.45) is -0.163. The molecule has 2 saturated heterocycles. The number of ether oxygens (including phenoxy) is 1. The number of alkyl halides is 3. The van der Waals surface area contributed by atoms with Crippen molar-refractivity contribution in [3.8, 4) is 5.75 Å². The maximum atomic E-state index is 13.2. The van der Waals surface area contributed by atoms with Crippen LogP contribution in [-0.2, 0) is 26.0 Å². The highest BCUT2D eigenvalue weighted by Crippen LogP contribution is 2.34. The Hall–Kier alpha value is -3.50. The predicted molar refractivity (Wildman–Crippen MR) is 140 cm³/mol. The number of hydrogen-bond donors (Lipinski definition) is 2. The Balaban J connectivity index is 1.34. The summed E-state index contributed by atoms with van der Waals surface area (Å²) < 4.78 is 72.0. The first-order valence-electron chi connectivity index (χ1n) is 12.4. The van der Waals surface area contributed by atoms with Crippen LogP contribution < -0.4 is 20.1 Å². The van der Waals surface area contributed by atoms with E-state index in [2.05, 4.69) is 19.4 Å². The summed E-state index contributed by atoms with van der Waals surface area (Å²) in [7, 11) is -4.07. The van der Waals surface area contributed by atoms with E-state index >= 15 is 0 Å². The average molecular weight is 599 g/mol. The lowest BCUT2D eigenvalue weighted by molar-refractivity contribution is -0.274. The number of nitrogens with zero attached hydrogens (tertiary/aromatic N) is 4. The van der Waals surface area contributed by atoms with E-state index < -0.39 is 40.1 Å². The SMILES string of the molecule is Nc1nccc2cc(C[C@H](C=O)N3CC[C@H](NS(=O)(=O)c4cnc(N5CCCC5)s4)C3=O)c(OC(F)(F)F)cc12. The van der Waals surface area contributed by atoms with Crippen LogP contribution in [0.3, 0.4) is 0 Å². The van der Waals surface area contributed by atoms with Gasteiger partial charge in [0.25, 0.3) is 10.0 Å². The van der Waals surface area contributed by atoms with E-state index in [1.165, 1.54) is 18.5 Å². The van der Waals surface area contributed by atoms with Gasteiger partial charge in [-0.25, -0.2) is 18.4 Å². The number of nitrogen functional groups attached to an aromatic ring is 1. The summed E-state index contributed by atoms with van der Waals surface area (Å²) in [5, 5.41) is 1.29. The van der Waals surface area contributed by atoms with Crippen molar-refractivity contribution in [1.82, 2.24) is 19.6 Å². The second kappa shape index (κ2) is 10.8. The number of pyridine rings is 1. The number of aldehydes is 1. The molecule has 0 unspecified atom stereocenters. The minimum absolute atomic E-state index is 0.00125. The van der Waals surface area contributed by atoms with Crippen LogP contribution in [0, 0.1) is 0 Å². The highest BCUT2D eigenvalue weighted by atomic mass is 32.2. The number of sulfonamides is 1. The monoisotopic (exact) mass is 598 g/mol. The van der Waals surface area contributed by atoms with E-state index in [1.807, 2.05) is 4.90 Å². The zero-order valence-electron chi connectivity index (χ0n) is 20.9. The number of likely N-dealkylation sites (tertiary alicyclic amines) is 1. The third kappa shape index (κ3) is 5.83. The smallest absolute Gasteiger partial charge is 0.405 e. The van der Waals surface area contributed by atoms with Gasteiger partial charge in [-0.1, -0.05) is 11.3 Å². The fourth-order valence-electron chi connectivity index (χ4n) is 4.92. The van der Waals surface area contributed by atoms with Gasteiger partial charge in [0.2, 0.25) is 5.91 Å². The number of thiazole rings is 1. The topological polar surface area (TPSA) is 148 Å². The molecule has 0 saturated carbocycles. The third-order valence-electron chi connectivity index (χ3n) is 6.84. The Labute approximate surface area is 231 Å². The van der Waals surface area contributed by atoms with E-state index in [0.29, 0.717) is 16.8 Å². The molecule has 214 valence electrons. The Morgan fingerprint density at radius 3 is 2.67 bits per heavy atom. The van der Waals surface area contributed by atoms with Gasteiger partial charge in [-0.15, -0.1) is 13.2 Å². The number of hydrogen-bond acceptors (Lipinski definition) is 10. The maximum absolute atomic E-state index is 13.2. The molecule has 1 aromatic carbocycles. The number of rotatable bonds is 9. The van der Waals surface area contributed by atoms with Crippen LogP contribution >= 0.6 is 11.3 Å². The number of fused-ring (bicyclic) bond motifs is 1. The van der Waals surface area contributed by atoms with Gasteiger partial charge in [0.15, 0.2) is 9.34 Å². The standard InChI is InChI=1S/C24H25F3N6O5S2/c25-24(26,27)38-19-11-17-14(3-5-29-21(17)28)9-15(19)10-16(13-34)33-8-4-18(22(33)35)31-40(36,37)20-12-30-23(39-20)32-6-1-2-7-32/h3,5,9,11-13,16,18,31H,1-2,4,6-8,10H2,(H2,28,29)/t16-,18+/m1/s1. The molecule has 5 rings (SSSR count). The number of nitrogens with one attached hydrogen (secondary N) is 1. The largest absolute Gasteiger partial charge is 0.573 e. The number of anilines is 2. The predicted octanol–water partition coefficient (Wildman–Crippen LogP) is 2.46. The Morgan fingerprint density at radius 1 is 1.23 bits per heavy atom. The molecule has 3 aromatic rings. The Bertz CT molecular complexity index is 1540. The summed E-state index contributed by atoms with van der Waals surface area (Å²) in [6.45, 7) is 1.61. The average Bonchev–Trinajstić information content (AvgIpc) is 3.65. The van der Waals surface area contributed by atoms with E-state index in [-0.39, 0.29) is 40.4 Å². The van der Waals surface area contributed by atoms with Crippen molar-refractivity contribution in [2.75, 3.05) is 30.3 Å². The van der Waals surface area contributed by atoms with E-state index in [4.69, 9.17) is 5.73 Å². The van der Waals surface area contributed by atoms with Gasteiger partial charge in [0.05, 0.1) is 12.2 Å². The molecule has 0 spiro atoms. The zero-order valence-corrected chi connectivity index (χ0v) is 22.6. The first-order valence-corrected chi connectivity index (χ1v) is 14.7. The lowest BCUT2D eigenvalue weighted by atomic mass is 10.0. The summed E-state index contributed by atoms with van der Waals surface area (Å²) in [6, 6.07) is 1.73. The highest BCUT2D eigenvalue weighted by Gasteiger charge is 2.40. The maximum Gasteiger partial charge on any atom is 0.573 e. The molecule has 2 aliphatic rings. The number of amides is 1. The fourth-order valence-corrected chi connectivity index (χ4v) is 7.33. The fraction of sp³-hybridized carbons (Fsp3) is 0.417. The molecule has 2 atom stereocenters. The summed E-state index contributed by atoms with van der Waals surface area (Å²) in [4.78, 5) is 36.5. The molecule has 4 heterocycles. The van der Waals surface area contributed by atoms with Crippen LogP contribution in [0.4, 0.5) is 24.1 Å². The molecular weight excluding hydrogens is 573 g/mol. The second-order valence-electron chi connectivity index (χ2n) is 9.48. The zero-order chi connectivity index (χ0) is 28.7. The molecule has 1 amide bonds. The van der Waals surface area contributed by atoms with Crippen molar-refractivity contribution in [2.45, 2.75) is 48.3 Å². The van der Waals surface area contributed by atoms with Gasteiger partial charge in [0, 0.05) is 37.6 Å². The molecule has 3 N–H and O–H groups in total. The summed E-state index contributed by atoms with van der Waals surface area (Å²) >= 11 is 1.01. The van der Waals surface area contributed by atoms with Crippen molar-refractivity contribution in [1.29, 1.82) is 0 Å². The van der Waals surface area contributed by atoms with Crippen LogP contribution in [0.2, 0.25) is 0 Å². The molecular formula is C24H25F3N6O5S2. The molecule has 16 heteroatoms. The van der Waals surface area contributed by atoms with Crippen LogP contribution in [0.15, 0.2) is 34.8 Å². The van der Waals surface area contributed by atoms with Crippen LogP contribution in [0.1, 0.15) is 24.8 Å². The van der Waals surface area contributed by atoms with Crippen molar-refractivity contribution < 1.29 is 35.9 Å². The van der Waals surface area contributed by atoms with Gasteiger partial charge in [0.1, 0.15) is 23.9 Å². The Kier molecular flexibility index (Phi) is 7.58. The molecule has 2 aromatic heterocycles. The van der Waals surface area contributed by atoms with Gasteiger partial charge in [-0.3, -0.25) is 4.79 Å². The van der Waals surface area contributed by atoms with Gasteiger partial charge < -0.3 is 25.1 Å². The first kappa shape index (κ1) is 28.0. The van der Waals surface area contributed by atoms with Gasteiger partial charge >= 0.3 is 6.36 Å². The first-order chi connectivity index (χ1) is 18.9. The molecule has 0 radical (unpaired) electrons. The number of halogens is 3. The third-order valence-corrected chi connectivity index (χ3v) is 9.83. The lowest BCUT2D eigenvalue weighted by Crippen LogP contribution is -2.45. The summed E-state index contributed by atoms with van der Waals surface area (Å²) in [5.41, 5.74) is 5.82. The summed E-state index contributed by atoms with van der Waals surface area (Å²) in [5.74, 6) is -1.23. The molecule has 2 aliphatic heterocycles. The molecule has 0 aliphatic carbocycles. The van der Waals surface area contributed by atoms with E-state index in [0.717, 1.165) is 48.2 Å². The van der Waals surface area contributed by atoms with Gasteiger partial charge in [-0.2, -0.15) is 4.72 Å². The van der Waals surface area contributed by atoms with Crippen molar-refractivity contribution in [3.05, 3.63) is 36.2 Å². The number of aromatic nitrogens is 2. The van der Waals surface area contributed by atoms with Crippen molar-refractivity contribution in [2.24, 2.45) is 0 Å². The molecule has 2 fully saturated rings. The molecule has 11 nitrogen and oxygen atoms in total. The number of carbonyl (C=O) groups excluding carboxylic acids is 2. The molecule has 0 bridgehead atoms. The Morgan fingerprint density at radius 2 is 1.98 bits per heavy atom. The van der Waals surface area contributed by atoms with Crippen molar-refractivity contribution >= 4 is 55.3 Å². The number of carbonyl (C=O) groups is 2. The van der Waals surface area contributed by atoms with E-state index in [1.54, 1.807) is 6.07 Å². The van der Waals surface area contributed by atoms with Crippen LogP contribution in [0.25, 0.3) is 10.8 Å². The number of benzene rings is 1. The van der Waals surface area contributed by atoms with Crippen molar-refractivity contribution in [3.63, 3.8) is 0 Å². The highest BCUT2D eigenvalue weighted by molar-refractivity contribution is 7.91. The van der Waals surface area contributed by atoms with E-state index in [9.17, 15) is 31.2 Å². The lowest BCUT2D eigenvalue weighted by Gasteiger charge is -2.25. The quantitative estimate of drug-likeness (QED) is 0.355. The van der Waals surface area contributed by atoms with Crippen LogP contribution in [0.5, 0.6) is 5.75 Å². The van der Waals surface area contributed by atoms with Crippen LogP contribution in [-0.4, -0.2) is 73.6 Å². The van der Waals surface area contributed by atoms with Gasteiger partial charge in [-0.05, 0) is 48.4 Å². The molecule has 40 heavy (non-hydrogen) atoms. The second-order valence-corrected chi connectivity index (χ2v) is 12.4. The minimum atomic E-state index is -5.02. The number of nitrogens with two attached hydrogens (primary N) is 1. The minimum Gasteiger partial charge on any atom is -0.405 e.